The molecule has 1 fully saturated rings. The second kappa shape index (κ2) is 6.70. The maximum Gasteiger partial charge on any atom is 0.109 e. The third kappa shape index (κ3) is 3.22. The minimum atomic E-state index is -0.405. The summed E-state index contributed by atoms with van der Waals surface area (Å²) in [6.45, 7) is 1.62. The molecule has 3 atom stereocenters. The van der Waals surface area contributed by atoms with Gasteiger partial charge < -0.3 is 14.6 Å². The van der Waals surface area contributed by atoms with Crippen LogP contribution in [0.15, 0.2) is 24.3 Å². The lowest BCUT2D eigenvalue weighted by atomic mass is 9.92. The van der Waals surface area contributed by atoms with Gasteiger partial charge in [-0.05, 0) is 49.7 Å². The van der Waals surface area contributed by atoms with E-state index in [-0.39, 0.29) is 6.10 Å². The highest BCUT2D eigenvalue weighted by molar-refractivity contribution is 5.31. The molecule has 2 aliphatic rings. The first-order valence-corrected chi connectivity index (χ1v) is 7.83. The van der Waals surface area contributed by atoms with E-state index in [1.807, 2.05) is 6.07 Å². The van der Waals surface area contributed by atoms with Gasteiger partial charge >= 0.3 is 0 Å². The number of aliphatic hydroxyl groups is 1. The Balaban J connectivity index is 1.53. The van der Waals surface area contributed by atoms with Gasteiger partial charge in [-0.15, -0.1) is 0 Å². The van der Waals surface area contributed by atoms with Crippen molar-refractivity contribution in [3.8, 4) is 0 Å². The molecule has 1 aromatic carbocycles. The molecule has 0 spiro atoms. The topological polar surface area (TPSA) is 38.7 Å². The second-order valence-electron chi connectivity index (χ2n) is 5.87. The van der Waals surface area contributed by atoms with Gasteiger partial charge in [0.05, 0.1) is 18.8 Å². The summed E-state index contributed by atoms with van der Waals surface area (Å²) < 4.78 is 11.4. The van der Waals surface area contributed by atoms with Crippen molar-refractivity contribution >= 4 is 0 Å². The Morgan fingerprint density at radius 3 is 2.95 bits per heavy atom. The predicted molar refractivity (Wildman–Crippen MR) is 77.7 cm³/mol. The molecular formula is C17H24O3. The van der Waals surface area contributed by atoms with E-state index in [0.717, 1.165) is 32.3 Å². The fourth-order valence-electron chi connectivity index (χ4n) is 3.32. The first-order valence-electron chi connectivity index (χ1n) is 7.83. The Labute approximate surface area is 120 Å². The number of rotatable bonds is 5. The van der Waals surface area contributed by atoms with E-state index in [1.54, 1.807) is 0 Å². The smallest absolute Gasteiger partial charge is 0.109 e. The van der Waals surface area contributed by atoms with Crippen molar-refractivity contribution in [3.05, 3.63) is 35.4 Å². The molecule has 2 aliphatic heterocycles. The molecule has 3 unspecified atom stereocenters. The van der Waals surface area contributed by atoms with Crippen molar-refractivity contribution in [2.75, 3.05) is 13.2 Å². The Hall–Kier alpha value is -0.900. The molecule has 3 nitrogen and oxygen atoms in total. The van der Waals surface area contributed by atoms with Crippen molar-refractivity contribution < 1.29 is 14.6 Å². The molecule has 3 rings (SSSR count). The summed E-state index contributed by atoms with van der Waals surface area (Å²) >= 11 is 0. The number of hydrogen-bond acceptors (Lipinski definition) is 3. The van der Waals surface area contributed by atoms with Crippen molar-refractivity contribution in [2.24, 2.45) is 0 Å². The molecule has 3 heteroatoms. The van der Waals surface area contributed by atoms with Gasteiger partial charge in [0, 0.05) is 6.61 Å². The van der Waals surface area contributed by atoms with Crippen LogP contribution in [-0.4, -0.2) is 30.5 Å². The summed E-state index contributed by atoms with van der Waals surface area (Å²) in [4.78, 5) is 0. The molecule has 2 heterocycles. The Morgan fingerprint density at radius 1 is 1.20 bits per heavy atom. The van der Waals surface area contributed by atoms with E-state index in [2.05, 4.69) is 18.2 Å². The fraction of sp³-hybridized carbons (Fsp3) is 0.647. The predicted octanol–water partition coefficient (Wildman–Crippen LogP) is 3.01. The van der Waals surface area contributed by atoms with Crippen molar-refractivity contribution in [1.29, 1.82) is 0 Å². The lowest BCUT2D eigenvalue weighted by molar-refractivity contribution is -0.0512. The van der Waals surface area contributed by atoms with E-state index in [0.29, 0.717) is 12.7 Å². The van der Waals surface area contributed by atoms with Crippen LogP contribution in [0.1, 0.15) is 49.3 Å². The fourth-order valence-corrected chi connectivity index (χ4v) is 3.32. The summed E-state index contributed by atoms with van der Waals surface area (Å²) in [6.07, 6.45) is 6.04. The summed E-state index contributed by atoms with van der Waals surface area (Å²) in [5.74, 6) is 0. The van der Waals surface area contributed by atoms with Gasteiger partial charge in [-0.2, -0.15) is 0 Å². The standard InChI is InChI=1S/C17H24O3/c18-16(9-3-6-14-7-4-11-19-14)17-15-8-2-1-5-13(15)10-12-20-17/h1-2,5,8,14,16-18H,3-4,6-7,9-12H2. The lowest BCUT2D eigenvalue weighted by Gasteiger charge is -2.30. The average Bonchev–Trinajstić information content (AvgIpc) is 3.00. The third-order valence-electron chi connectivity index (χ3n) is 4.43. The number of hydrogen-bond donors (Lipinski definition) is 1. The minimum absolute atomic E-state index is 0.149. The van der Waals surface area contributed by atoms with Crippen LogP contribution >= 0.6 is 0 Å². The maximum atomic E-state index is 10.4. The van der Waals surface area contributed by atoms with E-state index in [9.17, 15) is 5.11 Å². The van der Waals surface area contributed by atoms with Crippen LogP contribution in [0.25, 0.3) is 0 Å². The molecule has 0 radical (unpaired) electrons. The summed E-state index contributed by atoms with van der Waals surface area (Å²) in [5.41, 5.74) is 2.49. The van der Waals surface area contributed by atoms with Gasteiger partial charge in [0.15, 0.2) is 0 Å². The van der Waals surface area contributed by atoms with Gasteiger partial charge in [-0.3, -0.25) is 0 Å². The van der Waals surface area contributed by atoms with Crippen LogP contribution in [0.3, 0.4) is 0 Å². The normalized spacial score (nSPS) is 27.2. The van der Waals surface area contributed by atoms with Crippen LogP contribution in [0, 0.1) is 0 Å². The van der Waals surface area contributed by atoms with Crippen LogP contribution < -0.4 is 0 Å². The number of aliphatic hydroxyl groups excluding tert-OH is 1. The van der Waals surface area contributed by atoms with Crippen molar-refractivity contribution in [2.45, 2.75) is 56.8 Å². The van der Waals surface area contributed by atoms with Crippen molar-refractivity contribution in [3.63, 3.8) is 0 Å². The zero-order chi connectivity index (χ0) is 13.8. The SMILES string of the molecule is OC(CCCC1CCCO1)C1OCCc2ccccc21. The molecule has 0 bridgehead atoms. The lowest BCUT2D eigenvalue weighted by Crippen LogP contribution is -2.27. The molecule has 20 heavy (non-hydrogen) atoms. The molecule has 1 aromatic rings. The molecule has 1 N–H and O–H groups in total. The molecule has 0 saturated carbocycles. The van der Waals surface area contributed by atoms with Gasteiger partial charge in [0.1, 0.15) is 6.10 Å². The van der Waals surface area contributed by atoms with Crippen LogP contribution in [0.2, 0.25) is 0 Å². The van der Waals surface area contributed by atoms with Gasteiger partial charge in [0.25, 0.3) is 0 Å². The zero-order valence-corrected chi connectivity index (χ0v) is 12.0. The van der Waals surface area contributed by atoms with Crippen molar-refractivity contribution in [1.82, 2.24) is 0 Å². The maximum absolute atomic E-state index is 10.4. The Kier molecular flexibility index (Phi) is 4.71. The molecule has 110 valence electrons. The first kappa shape index (κ1) is 14.1. The summed E-state index contributed by atoms with van der Waals surface area (Å²) in [7, 11) is 0. The highest BCUT2D eigenvalue weighted by Crippen LogP contribution is 2.31. The highest BCUT2D eigenvalue weighted by atomic mass is 16.5. The first-order chi connectivity index (χ1) is 9.84. The molecular weight excluding hydrogens is 252 g/mol. The van der Waals surface area contributed by atoms with E-state index in [4.69, 9.17) is 9.47 Å². The minimum Gasteiger partial charge on any atom is -0.390 e. The Morgan fingerprint density at radius 2 is 2.10 bits per heavy atom. The Bertz CT molecular complexity index is 426. The van der Waals surface area contributed by atoms with E-state index in [1.165, 1.54) is 24.0 Å². The van der Waals surface area contributed by atoms with E-state index < -0.39 is 6.10 Å². The van der Waals surface area contributed by atoms with Crippen LogP contribution in [0.5, 0.6) is 0 Å². The third-order valence-corrected chi connectivity index (χ3v) is 4.43. The molecule has 1 saturated heterocycles. The quantitative estimate of drug-likeness (QED) is 0.898. The molecule has 0 aromatic heterocycles. The molecule has 0 amide bonds. The zero-order valence-electron chi connectivity index (χ0n) is 12.0. The summed E-state index contributed by atoms with van der Waals surface area (Å²) in [5, 5.41) is 10.4. The summed E-state index contributed by atoms with van der Waals surface area (Å²) in [6, 6.07) is 8.32. The van der Waals surface area contributed by atoms with Crippen LogP contribution in [-0.2, 0) is 15.9 Å². The van der Waals surface area contributed by atoms with Gasteiger partial charge in [-0.25, -0.2) is 0 Å². The average molecular weight is 276 g/mol. The number of ether oxygens (including phenoxy) is 2. The largest absolute Gasteiger partial charge is 0.390 e. The van der Waals surface area contributed by atoms with Crippen LogP contribution in [0.4, 0.5) is 0 Å². The number of fused-ring (bicyclic) bond motifs is 1. The van der Waals surface area contributed by atoms with Gasteiger partial charge in [-0.1, -0.05) is 24.3 Å². The monoisotopic (exact) mass is 276 g/mol. The highest BCUT2D eigenvalue weighted by Gasteiger charge is 2.27. The van der Waals surface area contributed by atoms with Gasteiger partial charge in [0.2, 0.25) is 0 Å². The second-order valence-corrected chi connectivity index (χ2v) is 5.87. The van der Waals surface area contributed by atoms with E-state index >= 15 is 0 Å². The molecule has 0 aliphatic carbocycles. The number of benzene rings is 1.